The number of allylic oxidation sites excluding steroid dienone is 3. The summed E-state index contributed by atoms with van der Waals surface area (Å²) in [7, 11) is 1.05. The van der Waals surface area contributed by atoms with Gasteiger partial charge in [0.15, 0.2) is 0 Å². The number of anilines is 1. The molecule has 0 spiro atoms. The van der Waals surface area contributed by atoms with E-state index in [2.05, 4.69) is 0 Å². The van der Waals surface area contributed by atoms with Crippen LogP contribution in [0.4, 0.5) is 22.7 Å². The van der Waals surface area contributed by atoms with Gasteiger partial charge in [0.05, 0.1) is 50.2 Å². The molecule has 0 N–H and O–H groups in total. The van der Waals surface area contributed by atoms with Gasteiger partial charge >= 0.3 is 5.97 Å². The molecule has 0 atom stereocenters. The number of nitrogens with zero attached hydrogens (tertiary/aromatic N) is 5. The lowest BCUT2D eigenvalue weighted by atomic mass is 9.61. The average molecular weight is 556 g/mol. The highest BCUT2D eigenvalue weighted by Crippen LogP contribution is 2.56. The lowest BCUT2D eigenvalue weighted by molar-refractivity contribution is -0.387. The standard InChI is InChI=1S/C28H21N5O8/c1-17-21(16-29)28(19-10-4-6-12-22(19)31(35)36,20-11-5-7-13-23(20)32(37)38)26(27(34)41-3)18(2)30(17)24-14-8-9-15-25(24)33(39)40/h4-15H,1-3H3. The summed E-state index contributed by atoms with van der Waals surface area (Å²) in [6.07, 6.45) is 0. The number of hydrogen-bond donors (Lipinski definition) is 0. The van der Waals surface area contributed by atoms with E-state index >= 15 is 0 Å². The molecule has 0 radical (unpaired) electrons. The summed E-state index contributed by atoms with van der Waals surface area (Å²) >= 11 is 0. The number of nitro benzene ring substituents is 3. The minimum absolute atomic E-state index is 0.000348. The van der Waals surface area contributed by atoms with Crippen LogP contribution in [0.3, 0.4) is 0 Å². The molecular formula is C28H21N5O8. The minimum atomic E-state index is -2.22. The number of nitro groups is 3. The van der Waals surface area contributed by atoms with E-state index in [-0.39, 0.29) is 45.0 Å². The molecule has 3 aromatic carbocycles. The van der Waals surface area contributed by atoms with E-state index in [1.807, 2.05) is 6.07 Å². The molecule has 0 saturated heterocycles. The number of benzene rings is 3. The van der Waals surface area contributed by atoms with E-state index in [0.717, 1.165) is 19.2 Å². The Morgan fingerprint density at radius 1 is 0.780 bits per heavy atom. The first kappa shape index (κ1) is 28.1. The summed E-state index contributed by atoms with van der Waals surface area (Å²) in [6, 6.07) is 18.3. The Labute approximate surface area is 232 Å². The third kappa shape index (κ3) is 4.23. The van der Waals surface area contributed by atoms with Gasteiger partial charge in [0.25, 0.3) is 17.1 Å². The molecule has 3 aromatic rings. The topological polar surface area (TPSA) is 183 Å². The first-order chi connectivity index (χ1) is 19.5. The van der Waals surface area contributed by atoms with Crippen molar-refractivity contribution in [1.29, 1.82) is 5.26 Å². The van der Waals surface area contributed by atoms with Gasteiger partial charge in [0.2, 0.25) is 0 Å². The number of rotatable bonds is 7. The molecular weight excluding hydrogens is 534 g/mol. The molecule has 0 unspecified atom stereocenters. The van der Waals surface area contributed by atoms with E-state index in [4.69, 9.17) is 4.74 Å². The molecule has 0 aromatic heterocycles. The largest absolute Gasteiger partial charge is 0.466 e. The van der Waals surface area contributed by atoms with Crippen molar-refractivity contribution in [3.05, 3.63) is 137 Å². The van der Waals surface area contributed by atoms with Crippen molar-refractivity contribution in [1.82, 2.24) is 0 Å². The van der Waals surface area contributed by atoms with Crippen LogP contribution in [0.5, 0.6) is 0 Å². The van der Waals surface area contributed by atoms with Gasteiger partial charge in [-0.2, -0.15) is 5.26 Å². The van der Waals surface area contributed by atoms with E-state index in [1.165, 1.54) is 79.4 Å². The fraction of sp³-hybridized carbons (Fsp3) is 0.143. The summed E-state index contributed by atoms with van der Waals surface area (Å²) in [5.41, 5.74) is -4.58. The molecule has 13 heteroatoms. The molecule has 13 nitrogen and oxygen atoms in total. The summed E-state index contributed by atoms with van der Waals surface area (Å²) < 4.78 is 5.12. The SMILES string of the molecule is COC(=O)C1=C(C)N(c2ccccc2[N+](=O)[O-])C(C)=C(C#N)C1(c1ccccc1[N+](=O)[O-])c1ccccc1[N+](=O)[O-]. The van der Waals surface area contributed by atoms with E-state index in [9.17, 15) is 40.4 Å². The van der Waals surface area contributed by atoms with Gasteiger partial charge in [-0.3, -0.25) is 30.3 Å². The normalized spacial score (nSPS) is 14.3. The minimum Gasteiger partial charge on any atom is -0.466 e. The van der Waals surface area contributed by atoms with E-state index in [0.29, 0.717) is 0 Å². The molecule has 4 rings (SSSR count). The van der Waals surface area contributed by atoms with Crippen molar-refractivity contribution in [2.75, 3.05) is 12.0 Å². The number of nitriles is 1. The molecule has 1 heterocycles. The van der Waals surface area contributed by atoms with Crippen LogP contribution in [-0.4, -0.2) is 27.8 Å². The van der Waals surface area contributed by atoms with Gasteiger partial charge in [-0.05, 0) is 19.9 Å². The Morgan fingerprint density at radius 2 is 1.22 bits per heavy atom. The van der Waals surface area contributed by atoms with Crippen LogP contribution in [-0.2, 0) is 14.9 Å². The van der Waals surface area contributed by atoms with Crippen LogP contribution in [0, 0.1) is 41.7 Å². The second-order valence-electron chi connectivity index (χ2n) is 8.90. The number of ether oxygens (including phenoxy) is 1. The molecule has 0 fully saturated rings. The Hall–Kier alpha value is -5.90. The molecule has 0 aliphatic carbocycles. The predicted molar refractivity (Wildman–Crippen MR) is 146 cm³/mol. The zero-order chi connectivity index (χ0) is 30.1. The fourth-order valence-corrected chi connectivity index (χ4v) is 5.46. The van der Waals surface area contributed by atoms with Crippen molar-refractivity contribution in [2.24, 2.45) is 0 Å². The van der Waals surface area contributed by atoms with Crippen LogP contribution >= 0.6 is 0 Å². The van der Waals surface area contributed by atoms with E-state index in [1.54, 1.807) is 0 Å². The van der Waals surface area contributed by atoms with Crippen LogP contribution in [0.2, 0.25) is 0 Å². The van der Waals surface area contributed by atoms with Crippen molar-refractivity contribution in [2.45, 2.75) is 19.3 Å². The number of hydrogen-bond acceptors (Lipinski definition) is 10. The first-order valence-corrected chi connectivity index (χ1v) is 12.0. The lowest BCUT2D eigenvalue weighted by Crippen LogP contribution is -2.45. The second kappa shape index (κ2) is 10.7. The van der Waals surface area contributed by atoms with Crippen molar-refractivity contribution >= 4 is 28.7 Å². The van der Waals surface area contributed by atoms with Gasteiger partial charge in [-0.1, -0.05) is 48.5 Å². The zero-order valence-electron chi connectivity index (χ0n) is 21.9. The highest BCUT2D eigenvalue weighted by atomic mass is 16.6. The number of methoxy groups -OCH3 is 1. The maximum Gasteiger partial charge on any atom is 0.337 e. The van der Waals surface area contributed by atoms with Crippen LogP contribution in [0.25, 0.3) is 0 Å². The third-order valence-electron chi connectivity index (χ3n) is 6.97. The summed E-state index contributed by atoms with van der Waals surface area (Å²) in [5.74, 6) is -1.05. The van der Waals surface area contributed by atoms with Crippen LogP contribution < -0.4 is 4.90 Å². The Morgan fingerprint density at radius 3 is 1.66 bits per heavy atom. The molecule has 0 saturated carbocycles. The van der Waals surface area contributed by atoms with Crippen molar-refractivity contribution in [3.63, 3.8) is 0 Å². The molecule has 206 valence electrons. The monoisotopic (exact) mass is 555 g/mol. The van der Waals surface area contributed by atoms with E-state index < -0.39 is 37.5 Å². The number of carbonyl (C=O) groups is 1. The molecule has 0 bridgehead atoms. The maximum absolute atomic E-state index is 13.8. The smallest absolute Gasteiger partial charge is 0.337 e. The molecule has 1 aliphatic rings. The first-order valence-electron chi connectivity index (χ1n) is 12.0. The highest BCUT2D eigenvalue weighted by molar-refractivity contribution is 5.99. The van der Waals surface area contributed by atoms with Gasteiger partial charge in [-0.25, -0.2) is 4.79 Å². The molecule has 1 aliphatic heterocycles. The Bertz CT molecular complexity index is 1680. The van der Waals surface area contributed by atoms with Crippen LogP contribution in [0.15, 0.2) is 95.3 Å². The Balaban J connectivity index is 2.34. The zero-order valence-corrected chi connectivity index (χ0v) is 21.9. The summed E-state index contributed by atoms with van der Waals surface area (Å²) in [5, 5.41) is 47.3. The van der Waals surface area contributed by atoms with Gasteiger partial charge < -0.3 is 9.64 Å². The average Bonchev–Trinajstić information content (AvgIpc) is 2.96. The van der Waals surface area contributed by atoms with Gasteiger partial charge in [0, 0.05) is 29.6 Å². The predicted octanol–water partition coefficient (Wildman–Crippen LogP) is 5.46. The van der Waals surface area contributed by atoms with Crippen molar-refractivity contribution in [3.8, 4) is 6.07 Å². The Kier molecular flexibility index (Phi) is 7.34. The van der Waals surface area contributed by atoms with Gasteiger partial charge in [0.1, 0.15) is 11.1 Å². The summed E-state index contributed by atoms with van der Waals surface area (Å²) in [6.45, 7) is 2.88. The third-order valence-corrected chi connectivity index (χ3v) is 6.97. The maximum atomic E-state index is 13.8. The summed E-state index contributed by atoms with van der Waals surface area (Å²) in [4.78, 5) is 49.6. The fourth-order valence-electron chi connectivity index (χ4n) is 5.46. The van der Waals surface area contributed by atoms with Crippen LogP contribution in [0.1, 0.15) is 25.0 Å². The quantitative estimate of drug-likeness (QED) is 0.206. The van der Waals surface area contributed by atoms with Crippen molar-refractivity contribution < 1.29 is 24.3 Å². The lowest BCUT2D eigenvalue weighted by Gasteiger charge is -2.43. The van der Waals surface area contributed by atoms with Gasteiger partial charge in [-0.15, -0.1) is 0 Å². The second-order valence-corrected chi connectivity index (χ2v) is 8.90. The highest BCUT2D eigenvalue weighted by Gasteiger charge is 2.56. The molecule has 41 heavy (non-hydrogen) atoms. The molecule has 0 amide bonds. The number of esters is 1. The number of carbonyl (C=O) groups excluding carboxylic acids is 1. The number of para-hydroxylation sites is 4.